The number of thiazole rings is 1. The lowest BCUT2D eigenvalue weighted by Gasteiger charge is -2.18. The van der Waals surface area contributed by atoms with E-state index in [0.29, 0.717) is 39.5 Å². The summed E-state index contributed by atoms with van der Waals surface area (Å²) in [5.74, 6) is -0.527. The van der Waals surface area contributed by atoms with Gasteiger partial charge >= 0.3 is 6.03 Å². The number of carbonyl (C=O) groups is 3. The molecule has 28 heavy (non-hydrogen) atoms. The molecule has 0 spiro atoms. The number of carbonyl (C=O) groups excluding carboxylic acids is 3. The SMILES string of the molecule is Cc1nc(NC(=O)CN2CCN(c3cccc(Cl)c3)C2=O)sc1C(=O)N(C)C. The zero-order valence-electron chi connectivity index (χ0n) is 15.7. The fourth-order valence-corrected chi connectivity index (χ4v) is 3.99. The Labute approximate surface area is 171 Å². The van der Waals surface area contributed by atoms with Gasteiger partial charge in [0.25, 0.3) is 5.91 Å². The van der Waals surface area contributed by atoms with Gasteiger partial charge in [0.15, 0.2) is 5.13 Å². The molecule has 1 aliphatic rings. The van der Waals surface area contributed by atoms with Crippen LogP contribution in [0.5, 0.6) is 0 Å². The molecule has 1 aromatic heterocycles. The summed E-state index contributed by atoms with van der Waals surface area (Å²) in [6, 6.07) is 6.77. The highest BCUT2D eigenvalue weighted by Crippen LogP contribution is 2.25. The number of urea groups is 1. The van der Waals surface area contributed by atoms with E-state index in [1.54, 1.807) is 50.2 Å². The number of anilines is 2. The van der Waals surface area contributed by atoms with Gasteiger partial charge in [-0.1, -0.05) is 29.0 Å². The van der Waals surface area contributed by atoms with E-state index < -0.39 is 0 Å². The number of halogens is 1. The Balaban J connectivity index is 1.62. The highest BCUT2D eigenvalue weighted by atomic mass is 35.5. The average Bonchev–Trinajstić information content (AvgIpc) is 3.17. The normalized spacial score (nSPS) is 13.8. The van der Waals surface area contributed by atoms with Crippen molar-refractivity contribution in [1.82, 2.24) is 14.8 Å². The quantitative estimate of drug-likeness (QED) is 0.804. The summed E-state index contributed by atoms with van der Waals surface area (Å²) in [4.78, 5) is 46.3. The van der Waals surface area contributed by atoms with Gasteiger partial charge in [0, 0.05) is 37.9 Å². The van der Waals surface area contributed by atoms with Crippen LogP contribution in [0.15, 0.2) is 24.3 Å². The van der Waals surface area contributed by atoms with Crippen molar-refractivity contribution in [2.24, 2.45) is 0 Å². The molecule has 4 amide bonds. The first-order valence-corrected chi connectivity index (χ1v) is 9.76. The summed E-state index contributed by atoms with van der Waals surface area (Å²) in [7, 11) is 3.31. The third-order valence-corrected chi connectivity index (χ3v) is 5.49. The summed E-state index contributed by atoms with van der Waals surface area (Å²) in [5.41, 5.74) is 1.26. The van der Waals surface area contributed by atoms with E-state index in [1.165, 1.54) is 9.80 Å². The van der Waals surface area contributed by atoms with Crippen molar-refractivity contribution in [3.05, 3.63) is 39.9 Å². The molecular formula is C18H20ClN5O3S. The first-order valence-electron chi connectivity index (χ1n) is 8.57. The molecule has 2 heterocycles. The van der Waals surface area contributed by atoms with Gasteiger partial charge in [0.2, 0.25) is 5.91 Å². The minimum Gasteiger partial charge on any atom is -0.344 e. The van der Waals surface area contributed by atoms with Crippen LogP contribution in [-0.4, -0.2) is 66.4 Å². The average molecular weight is 422 g/mol. The van der Waals surface area contributed by atoms with E-state index >= 15 is 0 Å². The van der Waals surface area contributed by atoms with Crippen molar-refractivity contribution >= 4 is 51.6 Å². The van der Waals surface area contributed by atoms with E-state index in [4.69, 9.17) is 11.6 Å². The molecule has 0 bridgehead atoms. The Bertz CT molecular complexity index is 930. The summed E-state index contributed by atoms with van der Waals surface area (Å²) in [5, 5.41) is 3.56. The topological polar surface area (TPSA) is 85.9 Å². The number of nitrogens with one attached hydrogen (secondary N) is 1. The van der Waals surface area contributed by atoms with Crippen molar-refractivity contribution in [3.63, 3.8) is 0 Å². The van der Waals surface area contributed by atoms with Gasteiger partial charge in [-0.2, -0.15) is 0 Å². The third-order valence-electron chi connectivity index (χ3n) is 4.19. The van der Waals surface area contributed by atoms with Crippen molar-refractivity contribution in [2.75, 3.05) is 43.9 Å². The number of rotatable bonds is 5. The lowest BCUT2D eigenvalue weighted by molar-refractivity contribution is -0.116. The van der Waals surface area contributed by atoms with E-state index in [1.807, 2.05) is 0 Å². The smallest absolute Gasteiger partial charge is 0.325 e. The van der Waals surface area contributed by atoms with Crippen LogP contribution in [0, 0.1) is 6.92 Å². The van der Waals surface area contributed by atoms with Gasteiger partial charge in [-0.3, -0.25) is 14.5 Å². The standard InChI is InChI=1S/C18H20ClN5O3S/c1-11-15(16(26)22(2)3)28-17(20-11)21-14(25)10-23-7-8-24(18(23)27)13-6-4-5-12(19)9-13/h4-6,9H,7-8,10H2,1-3H3,(H,20,21,25). The minimum atomic E-state index is -0.362. The van der Waals surface area contributed by atoms with Crippen LogP contribution in [0.25, 0.3) is 0 Å². The number of hydrogen-bond acceptors (Lipinski definition) is 5. The van der Waals surface area contributed by atoms with Crippen LogP contribution >= 0.6 is 22.9 Å². The monoisotopic (exact) mass is 421 g/mol. The zero-order chi connectivity index (χ0) is 20.4. The summed E-state index contributed by atoms with van der Waals surface area (Å²) in [6.45, 7) is 2.53. The number of aryl methyl sites for hydroxylation is 1. The van der Waals surface area contributed by atoms with Crippen LogP contribution < -0.4 is 10.2 Å². The second-order valence-corrected chi connectivity index (χ2v) is 7.95. The lowest BCUT2D eigenvalue weighted by atomic mass is 10.3. The highest BCUT2D eigenvalue weighted by Gasteiger charge is 2.31. The molecule has 0 unspecified atom stereocenters. The highest BCUT2D eigenvalue weighted by molar-refractivity contribution is 7.17. The number of benzene rings is 1. The number of hydrogen-bond donors (Lipinski definition) is 1. The predicted octanol–water partition coefficient (Wildman–Crippen LogP) is 2.69. The summed E-state index contributed by atoms with van der Waals surface area (Å²) < 4.78 is 0. The Morgan fingerprint density at radius 1 is 1.32 bits per heavy atom. The van der Waals surface area contributed by atoms with Gasteiger partial charge in [-0.05, 0) is 25.1 Å². The van der Waals surface area contributed by atoms with Gasteiger partial charge in [0.1, 0.15) is 11.4 Å². The van der Waals surface area contributed by atoms with E-state index in [9.17, 15) is 14.4 Å². The molecule has 1 aliphatic heterocycles. The fraction of sp³-hybridized carbons (Fsp3) is 0.333. The van der Waals surface area contributed by atoms with Crippen LogP contribution in [0.1, 0.15) is 15.4 Å². The van der Waals surface area contributed by atoms with Crippen LogP contribution in [0.2, 0.25) is 5.02 Å². The van der Waals surface area contributed by atoms with E-state index in [2.05, 4.69) is 10.3 Å². The first-order chi connectivity index (χ1) is 13.3. The van der Waals surface area contributed by atoms with Gasteiger partial charge in [-0.15, -0.1) is 0 Å². The summed E-state index contributed by atoms with van der Waals surface area (Å²) >= 11 is 7.11. The molecule has 0 atom stereocenters. The Kier molecular flexibility index (Phi) is 5.85. The number of nitrogens with zero attached hydrogens (tertiary/aromatic N) is 4. The maximum absolute atomic E-state index is 12.6. The maximum Gasteiger partial charge on any atom is 0.325 e. The molecule has 1 aromatic carbocycles. The van der Waals surface area contributed by atoms with E-state index in [0.717, 1.165) is 11.3 Å². The zero-order valence-corrected chi connectivity index (χ0v) is 17.3. The van der Waals surface area contributed by atoms with Gasteiger partial charge in [0.05, 0.1) is 5.69 Å². The lowest BCUT2D eigenvalue weighted by Crippen LogP contribution is -2.37. The molecule has 1 saturated heterocycles. The molecule has 10 heteroatoms. The van der Waals surface area contributed by atoms with Crippen LogP contribution in [0.4, 0.5) is 15.6 Å². The molecule has 0 aliphatic carbocycles. The van der Waals surface area contributed by atoms with Gasteiger partial charge in [-0.25, -0.2) is 9.78 Å². The van der Waals surface area contributed by atoms with Crippen molar-refractivity contribution in [2.45, 2.75) is 6.92 Å². The molecule has 2 aromatic rings. The second-order valence-electron chi connectivity index (χ2n) is 6.52. The maximum atomic E-state index is 12.6. The minimum absolute atomic E-state index is 0.0918. The molecular weight excluding hydrogens is 402 g/mol. The van der Waals surface area contributed by atoms with Crippen LogP contribution in [-0.2, 0) is 4.79 Å². The van der Waals surface area contributed by atoms with E-state index in [-0.39, 0.29) is 24.4 Å². The van der Waals surface area contributed by atoms with Crippen molar-refractivity contribution < 1.29 is 14.4 Å². The second kappa shape index (κ2) is 8.15. The largest absolute Gasteiger partial charge is 0.344 e. The van der Waals surface area contributed by atoms with Crippen LogP contribution in [0.3, 0.4) is 0 Å². The number of aromatic nitrogens is 1. The molecule has 8 nitrogen and oxygen atoms in total. The molecule has 1 fully saturated rings. The van der Waals surface area contributed by atoms with Crippen molar-refractivity contribution in [1.29, 1.82) is 0 Å². The fourth-order valence-electron chi connectivity index (χ4n) is 2.80. The molecule has 3 rings (SSSR count). The Hall–Kier alpha value is -2.65. The Morgan fingerprint density at radius 2 is 2.07 bits per heavy atom. The number of amides is 4. The first kappa shape index (κ1) is 20.1. The Morgan fingerprint density at radius 3 is 2.75 bits per heavy atom. The molecule has 1 N–H and O–H groups in total. The molecule has 0 saturated carbocycles. The summed E-state index contributed by atoms with van der Waals surface area (Å²) in [6.07, 6.45) is 0. The molecule has 0 radical (unpaired) electrons. The molecule has 148 valence electrons. The third kappa shape index (κ3) is 4.26. The predicted molar refractivity (Wildman–Crippen MR) is 109 cm³/mol. The van der Waals surface area contributed by atoms with Crippen molar-refractivity contribution in [3.8, 4) is 0 Å². The van der Waals surface area contributed by atoms with Gasteiger partial charge < -0.3 is 15.1 Å².